The molecule has 0 radical (unpaired) electrons. The summed E-state index contributed by atoms with van der Waals surface area (Å²) >= 11 is 0. The second kappa shape index (κ2) is 5.68. The van der Waals surface area contributed by atoms with E-state index in [9.17, 15) is 0 Å². The first-order chi connectivity index (χ1) is 10.3. The standard InChI is InChI=1S/C17H15N3O/c1-21-15-7-5-13(6-8-15)16-12-14-4-2-10-19-17(14)20(16)11-3-9-18/h2,4-8,10,12H,3,11H2,1H3. The zero-order valence-electron chi connectivity index (χ0n) is 11.8. The number of ether oxygens (including phenoxy) is 1. The van der Waals surface area contributed by atoms with Gasteiger partial charge in [-0.15, -0.1) is 0 Å². The lowest BCUT2D eigenvalue weighted by Gasteiger charge is -2.09. The molecule has 2 heterocycles. The topological polar surface area (TPSA) is 50.8 Å². The molecular formula is C17H15N3O. The Morgan fingerprint density at radius 2 is 2.05 bits per heavy atom. The van der Waals surface area contributed by atoms with E-state index in [1.54, 1.807) is 13.3 Å². The number of pyridine rings is 1. The summed E-state index contributed by atoms with van der Waals surface area (Å²) in [5, 5.41) is 9.95. The highest BCUT2D eigenvalue weighted by molar-refractivity contribution is 5.84. The molecule has 4 nitrogen and oxygen atoms in total. The van der Waals surface area contributed by atoms with Gasteiger partial charge in [0.05, 0.1) is 25.3 Å². The Labute approximate surface area is 123 Å². The molecule has 0 atom stereocenters. The molecule has 0 saturated heterocycles. The highest BCUT2D eigenvalue weighted by Crippen LogP contribution is 2.28. The van der Waals surface area contributed by atoms with Crippen LogP contribution in [0, 0.1) is 11.3 Å². The summed E-state index contributed by atoms with van der Waals surface area (Å²) in [5.74, 6) is 0.830. The van der Waals surface area contributed by atoms with Gasteiger partial charge in [0.2, 0.25) is 0 Å². The summed E-state index contributed by atoms with van der Waals surface area (Å²) in [6.07, 6.45) is 2.24. The van der Waals surface area contributed by atoms with Crippen LogP contribution in [0.15, 0.2) is 48.7 Å². The van der Waals surface area contributed by atoms with Gasteiger partial charge >= 0.3 is 0 Å². The van der Waals surface area contributed by atoms with E-state index in [1.165, 1.54) is 0 Å². The molecule has 0 aliphatic heterocycles. The van der Waals surface area contributed by atoms with Gasteiger partial charge in [0.15, 0.2) is 0 Å². The number of fused-ring (bicyclic) bond motifs is 1. The van der Waals surface area contributed by atoms with Gasteiger partial charge in [0.25, 0.3) is 0 Å². The summed E-state index contributed by atoms with van der Waals surface area (Å²) in [7, 11) is 1.66. The minimum absolute atomic E-state index is 0.462. The lowest BCUT2D eigenvalue weighted by atomic mass is 10.1. The lowest BCUT2D eigenvalue weighted by Crippen LogP contribution is -2.00. The van der Waals surface area contributed by atoms with Crippen molar-refractivity contribution in [2.45, 2.75) is 13.0 Å². The van der Waals surface area contributed by atoms with Gasteiger partial charge in [0.1, 0.15) is 11.4 Å². The Bertz CT molecular complexity index is 797. The second-order valence-corrected chi connectivity index (χ2v) is 4.73. The molecule has 0 bridgehead atoms. The molecule has 0 fully saturated rings. The maximum absolute atomic E-state index is 8.87. The molecule has 4 heteroatoms. The fourth-order valence-corrected chi connectivity index (χ4v) is 2.48. The third-order valence-electron chi connectivity index (χ3n) is 3.49. The van der Waals surface area contributed by atoms with Gasteiger partial charge < -0.3 is 9.30 Å². The van der Waals surface area contributed by atoms with E-state index in [1.807, 2.05) is 36.4 Å². The van der Waals surface area contributed by atoms with Crippen molar-refractivity contribution in [1.82, 2.24) is 9.55 Å². The molecule has 104 valence electrons. The van der Waals surface area contributed by atoms with Crippen LogP contribution in [0.5, 0.6) is 5.75 Å². The number of aromatic nitrogens is 2. The van der Waals surface area contributed by atoms with Crippen molar-refractivity contribution in [1.29, 1.82) is 5.26 Å². The quantitative estimate of drug-likeness (QED) is 0.731. The van der Waals surface area contributed by atoms with Gasteiger partial charge in [0, 0.05) is 18.1 Å². The number of aryl methyl sites for hydroxylation is 1. The summed E-state index contributed by atoms with van der Waals surface area (Å²) in [6.45, 7) is 0.637. The number of rotatable bonds is 4. The highest BCUT2D eigenvalue weighted by atomic mass is 16.5. The Morgan fingerprint density at radius 3 is 2.76 bits per heavy atom. The molecule has 3 aromatic rings. The average molecular weight is 277 g/mol. The summed E-state index contributed by atoms with van der Waals surface area (Å²) in [6, 6.07) is 16.2. The Hall–Kier alpha value is -2.80. The van der Waals surface area contributed by atoms with Crippen molar-refractivity contribution in [3.05, 3.63) is 48.7 Å². The minimum atomic E-state index is 0.462. The minimum Gasteiger partial charge on any atom is -0.497 e. The molecule has 1 aromatic carbocycles. The largest absolute Gasteiger partial charge is 0.497 e. The van der Waals surface area contributed by atoms with Crippen molar-refractivity contribution in [2.24, 2.45) is 0 Å². The van der Waals surface area contributed by atoms with Crippen LogP contribution in [0.1, 0.15) is 6.42 Å². The first-order valence-electron chi connectivity index (χ1n) is 6.79. The maximum Gasteiger partial charge on any atom is 0.140 e. The van der Waals surface area contributed by atoms with Crippen molar-refractivity contribution >= 4 is 11.0 Å². The van der Waals surface area contributed by atoms with Crippen LogP contribution in [-0.2, 0) is 6.54 Å². The smallest absolute Gasteiger partial charge is 0.140 e. The van der Waals surface area contributed by atoms with Gasteiger partial charge in [-0.2, -0.15) is 5.26 Å². The van der Waals surface area contributed by atoms with E-state index in [4.69, 9.17) is 10.00 Å². The third kappa shape index (κ3) is 2.46. The molecule has 0 saturated carbocycles. The summed E-state index contributed by atoms with van der Waals surface area (Å²) in [4.78, 5) is 4.44. The van der Waals surface area contributed by atoms with E-state index < -0.39 is 0 Å². The van der Waals surface area contributed by atoms with Gasteiger partial charge in [-0.25, -0.2) is 4.98 Å². The van der Waals surface area contributed by atoms with Crippen LogP contribution in [0.25, 0.3) is 22.3 Å². The number of methoxy groups -OCH3 is 1. The predicted molar refractivity (Wildman–Crippen MR) is 82.0 cm³/mol. The van der Waals surface area contributed by atoms with Crippen molar-refractivity contribution in [3.63, 3.8) is 0 Å². The Morgan fingerprint density at radius 1 is 1.24 bits per heavy atom. The van der Waals surface area contributed by atoms with Crippen molar-refractivity contribution < 1.29 is 4.74 Å². The fourth-order valence-electron chi connectivity index (χ4n) is 2.48. The maximum atomic E-state index is 8.87. The van der Waals surface area contributed by atoms with Crippen LogP contribution >= 0.6 is 0 Å². The SMILES string of the molecule is COc1ccc(-c2cc3cccnc3n2CCC#N)cc1. The zero-order valence-corrected chi connectivity index (χ0v) is 11.8. The van der Waals surface area contributed by atoms with Crippen LogP contribution < -0.4 is 4.74 Å². The molecule has 0 aliphatic rings. The average Bonchev–Trinajstić information content (AvgIpc) is 2.91. The van der Waals surface area contributed by atoms with E-state index in [0.717, 1.165) is 28.0 Å². The van der Waals surface area contributed by atoms with Crippen LogP contribution in [-0.4, -0.2) is 16.7 Å². The van der Waals surface area contributed by atoms with E-state index in [2.05, 4.69) is 21.7 Å². The van der Waals surface area contributed by atoms with Gasteiger partial charge in [-0.05, 0) is 48.0 Å². The van der Waals surface area contributed by atoms with Crippen LogP contribution in [0.3, 0.4) is 0 Å². The summed E-state index contributed by atoms with van der Waals surface area (Å²) < 4.78 is 7.29. The number of nitrogens with zero attached hydrogens (tertiary/aromatic N) is 3. The van der Waals surface area contributed by atoms with E-state index in [-0.39, 0.29) is 0 Å². The first-order valence-corrected chi connectivity index (χ1v) is 6.79. The van der Waals surface area contributed by atoms with Crippen LogP contribution in [0.4, 0.5) is 0 Å². The predicted octanol–water partition coefficient (Wildman–Crippen LogP) is 3.63. The van der Waals surface area contributed by atoms with Crippen LogP contribution in [0.2, 0.25) is 0 Å². The molecular weight excluding hydrogens is 262 g/mol. The van der Waals surface area contributed by atoms with Crippen molar-refractivity contribution in [3.8, 4) is 23.1 Å². The molecule has 2 aromatic heterocycles. The second-order valence-electron chi connectivity index (χ2n) is 4.73. The first kappa shape index (κ1) is 13.2. The van der Waals surface area contributed by atoms with Gasteiger partial charge in [-0.1, -0.05) is 0 Å². The molecule has 0 unspecified atom stereocenters. The Balaban J connectivity index is 2.13. The number of hydrogen-bond donors (Lipinski definition) is 0. The molecule has 0 amide bonds. The summed E-state index contributed by atoms with van der Waals surface area (Å²) in [5.41, 5.74) is 3.08. The number of hydrogen-bond acceptors (Lipinski definition) is 3. The Kier molecular flexibility index (Phi) is 3.57. The van der Waals surface area contributed by atoms with E-state index in [0.29, 0.717) is 13.0 Å². The normalized spacial score (nSPS) is 10.5. The molecule has 0 aliphatic carbocycles. The van der Waals surface area contributed by atoms with E-state index >= 15 is 0 Å². The lowest BCUT2D eigenvalue weighted by molar-refractivity contribution is 0.415. The molecule has 3 rings (SSSR count). The van der Waals surface area contributed by atoms with Crippen molar-refractivity contribution in [2.75, 3.05) is 7.11 Å². The fraction of sp³-hybridized carbons (Fsp3) is 0.176. The zero-order chi connectivity index (χ0) is 14.7. The number of nitriles is 1. The molecule has 0 spiro atoms. The molecule has 21 heavy (non-hydrogen) atoms. The third-order valence-corrected chi connectivity index (χ3v) is 3.49. The molecule has 0 N–H and O–H groups in total. The number of benzene rings is 1. The monoisotopic (exact) mass is 277 g/mol. The highest BCUT2D eigenvalue weighted by Gasteiger charge is 2.11. The van der Waals surface area contributed by atoms with Gasteiger partial charge in [-0.3, -0.25) is 0 Å².